The summed E-state index contributed by atoms with van der Waals surface area (Å²) in [5.41, 5.74) is 1.40. The van der Waals surface area contributed by atoms with Gasteiger partial charge in [0.2, 0.25) is 5.91 Å². The van der Waals surface area contributed by atoms with Crippen molar-refractivity contribution < 1.29 is 4.79 Å². The van der Waals surface area contributed by atoms with Crippen LogP contribution in [-0.2, 0) is 11.2 Å². The van der Waals surface area contributed by atoms with Crippen molar-refractivity contribution in [1.82, 2.24) is 10.2 Å². The Morgan fingerprint density at radius 2 is 1.96 bits per heavy atom. The first-order chi connectivity index (χ1) is 12.3. The number of fused-ring (bicyclic) bond motifs is 1. The Kier molecular flexibility index (Phi) is 5.37. The molecule has 2 aromatic rings. The van der Waals surface area contributed by atoms with E-state index >= 15 is 0 Å². The Morgan fingerprint density at radius 1 is 1.16 bits per heavy atom. The lowest BCUT2D eigenvalue weighted by Gasteiger charge is -2.32. The maximum atomic E-state index is 12.5. The predicted octanol–water partition coefficient (Wildman–Crippen LogP) is 4.21. The minimum atomic E-state index is 0.347. The van der Waals surface area contributed by atoms with Gasteiger partial charge in [-0.15, -0.1) is 11.3 Å². The van der Waals surface area contributed by atoms with Gasteiger partial charge in [-0.2, -0.15) is 0 Å². The fourth-order valence-corrected chi connectivity index (χ4v) is 4.80. The monoisotopic (exact) mass is 356 g/mol. The molecule has 1 saturated heterocycles. The zero-order valence-electron chi connectivity index (χ0n) is 14.9. The predicted molar refractivity (Wildman–Crippen MR) is 105 cm³/mol. The van der Waals surface area contributed by atoms with Crippen LogP contribution in [0.4, 0.5) is 0 Å². The van der Waals surface area contributed by atoms with Crippen LogP contribution >= 0.6 is 11.3 Å². The molecule has 0 bridgehead atoms. The summed E-state index contributed by atoms with van der Waals surface area (Å²) in [7, 11) is 0. The summed E-state index contributed by atoms with van der Waals surface area (Å²) >= 11 is 1.81. The number of piperidine rings is 1. The van der Waals surface area contributed by atoms with Gasteiger partial charge in [0.1, 0.15) is 0 Å². The van der Waals surface area contributed by atoms with E-state index in [1.165, 1.54) is 35.0 Å². The topological polar surface area (TPSA) is 32.3 Å². The lowest BCUT2D eigenvalue weighted by molar-refractivity contribution is -0.132. The number of nitrogens with zero attached hydrogens (tertiary/aromatic N) is 1. The molecular formula is C21H28N2OS. The minimum Gasteiger partial charge on any atom is -0.343 e. The first-order valence-electron chi connectivity index (χ1n) is 9.76. The summed E-state index contributed by atoms with van der Waals surface area (Å²) in [6.45, 7) is 3.05. The standard InChI is InChI=1S/C21H28N2OS/c24-21(23-12-10-18(11-13-23)22-14-16-8-9-16)7-3-4-17-15-25-20-6-2-1-5-19(17)20/h1-2,5-6,15-16,18,22H,3-4,7-14H2. The molecule has 0 spiro atoms. The van der Waals surface area contributed by atoms with E-state index in [4.69, 9.17) is 0 Å². The first kappa shape index (κ1) is 17.0. The van der Waals surface area contributed by atoms with E-state index in [0.717, 1.165) is 44.7 Å². The Hall–Kier alpha value is -1.39. The SMILES string of the molecule is O=C(CCCc1csc2ccccc12)N1CCC(NCC2CC2)CC1. The quantitative estimate of drug-likeness (QED) is 0.806. The molecule has 0 radical (unpaired) electrons. The molecule has 2 heterocycles. The van der Waals surface area contributed by atoms with Crippen LogP contribution in [-0.4, -0.2) is 36.5 Å². The van der Waals surface area contributed by atoms with Gasteiger partial charge >= 0.3 is 0 Å². The van der Waals surface area contributed by atoms with E-state index in [1.807, 2.05) is 11.3 Å². The number of thiophene rings is 1. The van der Waals surface area contributed by atoms with E-state index in [0.29, 0.717) is 18.4 Å². The van der Waals surface area contributed by atoms with Gasteiger partial charge in [0.25, 0.3) is 0 Å². The van der Waals surface area contributed by atoms with Crippen molar-refractivity contribution in [3.8, 4) is 0 Å². The summed E-state index contributed by atoms with van der Waals surface area (Å²) in [4.78, 5) is 14.6. The van der Waals surface area contributed by atoms with Gasteiger partial charge in [0, 0.05) is 30.3 Å². The van der Waals surface area contributed by atoms with Crippen LogP contribution in [0.25, 0.3) is 10.1 Å². The van der Waals surface area contributed by atoms with Crippen LogP contribution in [0.5, 0.6) is 0 Å². The third-order valence-electron chi connectivity index (χ3n) is 5.64. The third kappa shape index (κ3) is 4.42. The summed E-state index contributed by atoms with van der Waals surface area (Å²) in [6.07, 6.45) is 7.70. The van der Waals surface area contributed by atoms with Gasteiger partial charge in [-0.1, -0.05) is 18.2 Å². The van der Waals surface area contributed by atoms with Crippen LogP contribution < -0.4 is 5.32 Å². The number of carbonyl (C=O) groups excluding carboxylic acids is 1. The second kappa shape index (κ2) is 7.88. The van der Waals surface area contributed by atoms with E-state index in [-0.39, 0.29) is 0 Å². The Bertz CT molecular complexity index is 714. The van der Waals surface area contributed by atoms with Gasteiger partial charge in [0.15, 0.2) is 0 Å². The number of aryl methyl sites for hydroxylation is 1. The van der Waals surface area contributed by atoms with Crippen molar-refractivity contribution >= 4 is 27.3 Å². The molecule has 1 N–H and O–H groups in total. The van der Waals surface area contributed by atoms with E-state index in [1.54, 1.807) is 0 Å². The lowest BCUT2D eigenvalue weighted by atomic mass is 10.0. The van der Waals surface area contributed by atoms with E-state index in [9.17, 15) is 4.79 Å². The molecule has 0 atom stereocenters. The Morgan fingerprint density at radius 3 is 2.76 bits per heavy atom. The Balaban J connectivity index is 1.19. The molecule has 1 aliphatic carbocycles. The van der Waals surface area contributed by atoms with Crippen molar-refractivity contribution in [2.24, 2.45) is 5.92 Å². The summed E-state index contributed by atoms with van der Waals surface area (Å²) in [6, 6.07) is 9.19. The number of carbonyl (C=O) groups is 1. The van der Waals surface area contributed by atoms with Crippen molar-refractivity contribution in [3.05, 3.63) is 35.2 Å². The first-order valence-corrected chi connectivity index (χ1v) is 10.6. The van der Waals surface area contributed by atoms with Crippen LogP contribution in [0.2, 0.25) is 0 Å². The number of benzene rings is 1. The molecule has 4 rings (SSSR count). The average Bonchev–Trinajstić information content (AvgIpc) is 3.40. The maximum absolute atomic E-state index is 12.5. The largest absolute Gasteiger partial charge is 0.343 e. The Labute approximate surface area is 154 Å². The molecule has 2 aliphatic rings. The summed E-state index contributed by atoms with van der Waals surface area (Å²) in [5, 5.41) is 7.30. The number of likely N-dealkylation sites (tertiary alicyclic amines) is 1. The third-order valence-corrected chi connectivity index (χ3v) is 6.65. The van der Waals surface area contributed by atoms with E-state index < -0.39 is 0 Å². The highest BCUT2D eigenvalue weighted by atomic mass is 32.1. The molecule has 25 heavy (non-hydrogen) atoms. The van der Waals surface area contributed by atoms with Crippen LogP contribution in [0, 0.1) is 5.92 Å². The van der Waals surface area contributed by atoms with Gasteiger partial charge in [-0.3, -0.25) is 4.79 Å². The normalized spacial score (nSPS) is 18.8. The highest BCUT2D eigenvalue weighted by Gasteiger charge is 2.25. The molecule has 0 unspecified atom stereocenters. The molecule has 1 aromatic carbocycles. The van der Waals surface area contributed by atoms with Gasteiger partial charge in [-0.25, -0.2) is 0 Å². The number of rotatable bonds is 7. The fraction of sp³-hybridized carbons (Fsp3) is 0.571. The van der Waals surface area contributed by atoms with E-state index in [2.05, 4.69) is 39.9 Å². The molecule has 4 heteroatoms. The molecule has 134 valence electrons. The molecule has 1 aliphatic heterocycles. The minimum absolute atomic E-state index is 0.347. The zero-order valence-corrected chi connectivity index (χ0v) is 15.7. The average molecular weight is 357 g/mol. The molecule has 1 amide bonds. The van der Waals surface area contributed by atoms with Crippen molar-refractivity contribution in [2.45, 2.75) is 51.0 Å². The van der Waals surface area contributed by atoms with Crippen LogP contribution in [0.1, 0.15) is 44.1 Å². The van der Waals surface area contributed by atoms with Crippen molar-refractivity contribution in [3.63, 3.8) is 0 Å². The fourth-order valence-electron chi connectivity index (χ4n) is 3.80. The number of nitrogens with one attached hydrogen (secondary N) is 1. The number of amides is 1. The summed E-state index contributed by atoms with van der Waals surface area (Å²) < 4.78 is 1.35. The van der Waals surface area contributed by atoms with Gasteiger partial charge in [0.05, 0.1) is 0 Å². The van der Waals surface area contributed by atoms with Crippen LogP contribution in [0.15, 0.2) is 29.6 Å². The van der Waals surface area contributed by atoms with Crippen LogP contribution in [0.3, 0.4) is 0 Å². The second-order valence-corrected chi connectivity index (χ2v) is 8.53. The van der Waals surface area contributed by atoms with Crippen molar-refractivity contribution in [1.29, 1.82) is 0 Å². The summed E-state index contributed by atoms with van der Waals surface area (Å²) in [5.74, 6) is 1.29. The number of hydrogen-bond acceptors (Lipinski definition) is 3. The maximum Gasteiger partial charge on any atom is 0.222 e. The molecule has 1 saturated carbocycles. The highest BCUT2D eigenvalue weighted by Crippen LogP contribution is 2.28. The van der Waals surface area contributed by atoms with Gasteiger partial charge < -0.3 is 10.2 Å². The highest BCUT2D eigenvalue weighted by molar-refractivity contribution is 7.17. The zero-order chi connectivity index (χ0) is 17.1. The number of hydrogen-bond donors (Lipinski definition) is 1. The second-order valence-electron chi connectivity index (χ2n) is 7.62. The molecule has 2 fully saturated rings. The van der Waals surface area contributed by atoms with Gasteiger partial charge in [-0.05, 0) is 73.4 Å². The molecule has 1 aromatic heterocycles. The molecule has 3 nitrogen and oxygen atoms in total. The lowest BCUT2D eigenvalue weighted by Crippen LogP contribution is -2.45. The smallest absolute Gasteiger partial charge is 0.222 e. The molecular weight excluding hydrogens is 328 g/mol. The van der Waals surface area contributed by atoms with Crippen molar-refractivity contribution in [2.75, 3.05) is 19.6 Å².